The van der Waals surface area contributed by atoms with Gasteiger partial charge in [0.1, 0.15) is 0 Å². The fourth-order valence-electron chi connectivity index (χ4n) is 2.22. The van der Waals surface area contributed by atoms with Crippen LogP contribution in [0.3, 0.4) is 0 Å². The van der Waals surface area contributed by atoms with Crippen LogP contribution in [0.2, 0.25) is 10.0 Å². The van der Waals surface area contributed by atoms with E-state index < -0.39 is 11.9 Å². The normalized spacial score (nSPS) is 12.1. The first-order valence-electron chi connectivity index (χ1n) is 6.76. The predicted molar refractivity (Wildman–Crippen MR) is 86.4 cm³/mol. The van der Waals surface area contributed by atoms with Gasteiger partial charge >= 0.3 is 5.97 Å². The van der Waals surface area contributed by atoms with Gasteiger partial charge in [-0.25, -0.2) is 0 Å². The van der Waals surface area contributed by atoms with Crippen molar-refractivity contribution in [3.05, 3.63) is 69.2 Å². The third-order valence-corrected chi connectivity index (χ3v) is 4.25. The first-order valence-corrected chi connectivity index (χ1v) is 7.52. The molecule has 0 spiro atoms. The van der Waals surface area contributed by atoms with Crippen LogP contribution in [0.15, 0.2) is 42.5 Å². The quantitative estimate of drug-likeness (QED) is 0.844. The van der Waals surface area contributed by atoms with E-state index in [1.165, 1.54) is 5.56 Å². The van der Waals surface area contributed by atoms with Crippen LogP contribution in [0.5, 0.6) is 0 Å². The summed E-state index contributed by atoms with van der Waals surface area (Å²) >= 11 is 11.9. The molecule has 0 fully saturated rings. The molecule has 0 bridgehead atoms. The summed E-state index contributed by atoms with van der Waals surface area (Å²) in [5.74, 6) is -1.50. The SMILES string of the molecule is CCc1ccc(CC(C(=O)O)c2ccc(Cl)c(Cl)c2)cc1. The van der Waals surface area contributed by atoms with E-state index >= 15 is 0 Å². The topological polar surface area (TPSA) is 37.3 Å². The van der Waals surface area contributed by atoms with Gasteiger partial charge in [0, 0.05) is 0 Å². The Balaban J connectivity index is 2.26. The molecule has 0 aromatic heterocycles. The highest BCUT2D eigenvalue weighted by atomic mass is 35.5. The molecule has 0 aliphatic rings. The molecule has 0 aliphatic heterocycles. The molecule has 110 valence electrons. The van der Waals surface area contributed by atoms with Crippen molar-refractivity contribution in [1.82, 2.24) is 0 Å². The Kier molecular flexibility index (Phi) is 5.27. The van der Waals surface area contributed by atoms with Crippen LogP contribution >= 0.6 is 23.2 Å². The number of aliphatic carboxylic acids is 1. The second-order valence-corrected chi connectivity index (χ2v) is 5.75. The molecule has 0 amide bonds. The van der Waals surface area contributed by atoms with Crippen molar-refractivity contribution in [2.75, 3.05) is 0 Å². The minimum absolute atomic E-state index is 0.377. The zero-order valence-electron chi connectivity index (χ0n) is 11.6. The molecule has 0 aliphatic carbocycles. The van der Waals surface area contributed by atoms with E-state index in [1.54, 1.807) is 18.2 Å². The summed E-state index contributed by atoms with van der Waals surface area (Å²) < 4.78 is 0. The molecule has 2 nitrogen and oxygen atoms in total. The van der Waals surface area contributed by atoms with Crippen LogP contribution in [0, 0.1) is 0 Å². The lowest BCUT2D eigenvalue weighted by Gasteiger charge is -2.14. The third kappa shape index (κ3) is 3.99. The lowest BCUT2D eigenvalue weighted by atomic mass is 9.91. The van der Waals surface area contributed by atoms with Crippen molar-refractivity contribution in [3.63, 3.8) is 0 Å². The van der Waals surface area contributed by atoms with Gasteiger partial charge in [0.05, 0.1) is 16.0 Å². The molecular formula is C17H16Cl2O2. The molecule has 2 aromatic rings. The summed E-state index contributed by atoms with van der Waals surface area (Å²) in [5.41, 5.74) is 2.89. The molecule has 1 unspecified atom stereocenters. The summed E-state index contributed by atoms with van der Waals surface area (Å²) in [5, 5.41) is 10.3. The molecule has 4 heteroatoms. The lowest BCUT2D eigenvalue weighted by Crippen LogP contribution is -2.14. The highest BCUT2D eigenvalue weighted by molar-refractivity contribution is 6.42. The van der Waals surface area contributed by atoms with Crippen molar-refractivity contribution in [3.8, 4) is 0 Å². The van der Waals surface area contributed by atoms with Crippen LogP contribution in [0.25, 0.3) is 0 Å². The van der Waals surface area contributed by atoms with Crippen LogP contribution in [-0.4, -0.2) is 11.1 Å². The van der Waals surface area contributed by atoms with E-state index in [2.05, 4.69) is 6.92 Å². The van der Waals surface area contributed by atoms with Gasteiger partial charge in [-0.1, -0.05) is 60.5 Å². The Morgan fingerprint density at radius 3 is 2.19 bits per heavy atom. The fourth-order valence-corrected chi connectivity index (χ4v) is 2.53. The van der Waals surface area contributed by atoms with Crippen molar-refractivity contribution in [2.45, 2.75) is 25.7 Å². The summed E-state index contributed by atoms with van der Waals surface area (Å²) in [7, 11) is 0. The van der Waals surface area contributed by atoms with E-state index in [-0.39, 0.29) is 0 Å². The molecule has 0 heterocycles. The van der Waals surface area contributed by atoms with Crippen molar-refractivity contribution in [2.24, 2.45) is 0 Å². The summed E-state index contributed by atoms with van der Waals surface area (Å²) in [6.45, 7) is 2.09. The van der Waals surface area contributed by atoms with E-state index in [0.29, 0.717) is 22.0 Å². The highest BCUT2D eigenvalue weighted by Crippen LogP contribution is 2.28. The van der Waals surface area contributed by atoms with Gasteiger partial charge in [-0.2, -0.15) is 0 Å². The average Bonchev–Trinajstić information content (AvgIpc) is 2.48. The minimum Gasteiger partial charge on any atom is -0.481 e. The fraction of sp³-hybridized carbons (Fsp3) is 0.235. The summed E-state index contributed by atoms with van der Waals surface area (Å²) in [4.78, 5) is 11.5. The Morgan fingerprint density at radius 1 is 1.05 bits per heavy atom. The smallest absolute Gasteiger partial charge is 0.311 e. The monoisotopic (exact) mass is 322 g/mol. The number of aryl methyl sites for hydroxylation is 1. The second kappa shape index (κ2) is 6.97. The van der Waals surface area contributed by atoms with Gasteiger partial charge < -0.3 is 5.11 Å². The molecule has 1 N–H and O–H groups in total. The van der Waals surface area contributed by atoms with E-state index in [1.807, 2.05) is 24.3 Å². The molecule has 0 saturated carbocycles. The zero-order valence-corrected chi connectivity index (χ0v) is 13.2. The number of hydrogen-bond donors (Lipinski definition) is 1. The Hall–Kier alpha value is -1.51. The molecule has 0 radical (unpaired) electrons. The molecule has 0 saturated heterocycles. The van der Waals surface area contributed by atoms with E-state index in [4.69, 9.17) is 23.2 Å². The number of rotatable bonds is 5. The Bertz CT molecular complexity index is 636. The Morgan fingerprint density at radius 2 is 1.67 bits per heavy atom. The average molecular weight is 323 g/mol. The first kappa shape index (κ1) is 15.9. The van der Waals surface area contributed by atoms with Gasteiger partial charge in [0.2, 0.25) is 0 Å². The van der Waals surface area contributed by atoms with Gasteiger partial charge in [-0.05, 0) is 41.7 Å². The van der Waals surface area contributed by atoms with Gasteiger partial charge in [-0.15, -0.1) is 0 Å². The van der Waals surface area contributed by atoms with Gasteiger partial charge in [-0.3, -0.25) is 4.79 Å². The highest BCUT2D eigenvalue weighted by Gasteiger charge is 2.21. The van der Waals surface area contributed by atoms with E-state index in [9.17, 15) is 9.90 Å². The summed E-state index contributed by atoms with van der Waals surface area (Å²) in [6.07, 6.45) is 1.40. The van der Waals surface area contributed by atoms with Gasteiger partial charge in [0.15, 0.2) is 0 Å². The Labute approximate surface area is 134 Å². The maximum Gasteiger partial charge on any atom is 0.311 e. The van der Waals surface area contributed by atoms with Crippen LogP contribution in [0.1, 0.15) is 29.5 Å². The lowest BCUT2D eigenvalue weighted by molar-refractivity contribution is -0.138. The number of carboxylic acids is 1. The van der Waals surface area contributed by atoms with Crippen LogP contribution in [-0.2, 0) is 17.6 Å². The molecule has 2 aromatic carbocycles. The number of hydrogen-bond acceptors (Lipinski definition) is 1. The maximum atomic E-state index is 11.5. The first-order chi connectivity index (χ1) is 10.0. The van der Waals surface area contributed by atoms with Crippen molar-refractivity contribution in [1.29, 1.82) is 0 Å². The molecule has 2 rings (SSSR count). The number of carboxylic acid groups (broad SMARTS) is 1. The predicted octanol–water partition coefficient (Wildman–Crippen LogP) is 4.97. The standard InChI is InChI=1S/C17H16Cl2O2/c1-2-11-3-5-12(6-4-11)9-14(17(20)21)13-7-8-15(18)16(19)10-13/h3-8,10,14H,2,9H2,1H3,(H,20,21). The van der Waals surface area contributed by atoms with Gasteiger partial charge in [0.25, 0.3) is 0 Å². The summed E-state index contributed by atoms with van der Waals surface area (Å²) in [6, 6.07) is 13.0. The minimum atomic E-state index is -0.868. The number of carbonyl (C=O) groups is 1. The zero-order chi connectivity index (χ0) is 15.4. The third-order valence-electron chi connectivity index (χ3n) is 3.52. The number of halogens is 2. The van der Waals surface area contributed by atoms with E-state index in [0.717, 1.165) is 12.0 Å². The molecular weight excluding hydrogens is 307 g/mol. The van der Waals surface area contributed by atoms with Crippen LogP contribution < -0.4 is 0 Å². The number of benzene rings is 2. The van der Waals surface area contributed by atoms with Crippen molar-refractivity contribution >= 4 is 29.2 Å². The maximum absolute atomic E-state index is 11.5. The molecule has 1 atom stereocenters. The van der Waals surface area contributed by atoms with Crippen molar-refractivity contribution < 1.29 is 9.90 Å². The molecule has 21 heavy (non-hydrogen) atoms. The largest absolute Gasteiger partial charge is 0.481 e. The van der Waals surface area contributed by atoms with Crippen LogP contribution in [0.4, 0.5) is 0 Å². The second-order valence-electron chi connectivity index (χ2n) is 4.94.